The van der Waals surface area contributed by atoms with Gasteiger partial charge in [0.25, 0.3) is 0 Å². The van der Waals surface area contributed by atoms with Crippen LogP contribution in [0.2, 0.25) is 0 Å². The van der Waals surface area contributed by atoms with Gasteiger partial charge in [-0.15, -0.1) is 22.7 Å². The number of aliphatic carboxylic acids is 1. The Morgan fingerprint density at radius 1 is 0.441 bits per heavy atom. The smallest absolute Gasteiger partial charge is 0.307 e. The Morgan fingerprint density at radius 3 is 1.05 bits per heavy atom. The molecule has 9 aromatic carbocycles. The second kappa shape index (κ2) is 37.4. The molecular formula is C75H75N9O12S6. The second-order valence-corrected chi connectivity index (χ2v) is 29.5. The van der Waals surface area contributed by atoms with Crippen molar-refractivity contribution in [2.24, 2.45) is 5.73 Å². The van der Waals surface area contributed by atoms with Crippen molar-refractivity contribution in [1.29, 1.82) is 0 Å². The SMILES string of the molecule is C.CCOC(=O)CC(NS(=O)(=O)c1cccc(-c2cccc(NC(N)=S)c2)c1)c1ccccc1.CCOC(=O)CC(NS(=O)(=O)c1cccc(-c2cccc(Nc3nccs3)c2)c1)c1ccccc1.O=C(O)CC(NS(=O)(=O)c1cccc(-c2cccc(Nc3nccs3)c2)c1)c1ccccc1. The Hall–Kier alpha value is -10.3. The molecule has 9 N–H and O–H groups in total. The number of ether oxygens (including phenoxy) is 2. The second-order valence-electron chi connectivity index (χ2n) is 22.1. The van der Waals surface area contributed by atoms with Crippen LogP contribution in [0.25, 0.3) is 33.4 Å². The first-order chi connectivity index (χ1) is 48.6. The number of benzene rings is 9. The number of nitrogens with zero attached hydrogens (tertiary/aromatic N) is 2. The molecule has 21 nitrogen and oxygen atoms in total. The average molecular weight is 1490 g/mol. The summed E-state index contributed by atoms with van der Waals surface area (Å²) >= 11 is 7.85. The standard InChI is InChI=1S/C26H25N3O4S2.C24H21N3O4S2.C24H25N3O4S2.CH4/c1-2-33-25(30)18-24(19-8-4-3-5-9-19)29-35(31,32)23-13-7-11-21(17-23)20-10-6-12-22(16-20)28-26-27-14-15-34-26;28-23(29)16-22(17-6-2-1-3-7-17)27-33(30,31)21-11-5-9-19(15-21)18-8-4-10-20(14-18)26-24-25-12-13-32-24;1-2-31-23(28)16-22(17-8-4-3-5-9-17)27-33(29,30)21-13-7-11-19(15-21)18-10-6-12-20(14-18)26-24(25)32;/h3-17,24,29H,2,18H2,1H3,(H,27,28);1-15,22,27H,16H2,(H,25,26)(H,28,29);3-15,22,27H,2,16H2,1H3,(H3,25,26,32);1H4. The van der Waals surface area contributed by atoms with Gasteiger partial charge in [0, 0.05) is 40.2 Å². The molecule has 528 valence electrons. The quantitative estimate of drug-likeness (QED) is 0.0167. The zero-order valence-electron chi connectivity index (χ0n) is 54.5. The van der Waals surface area contributed by atoms with Crippen LogP contribution in [0.3, 0.4) is 0 Å². The maximum Gasteiger partial charge on any atom is 0.307 e. The average Bonchev–Trinajstić information content (AvgIpc) is 0.841. The maximum atomic E-state index is 13.3. The molecule has 2 aromatic heterocycles. The molecule has 0 fully saturated rings. The van der Waals surface area contributed by atoms with E-state index in [1.54, 1.807) is 142 Å². The third kappa shape index (κ3) is 23.1. The highest BCUT2D eigenvalue weighted by Crippen LogP contribution is 2.32. The molecular weight excluding hydrogens is 1410 g/mol. The summed E-state index contributed by atoms with van der Waals surface area (Å²) in [7, 11) is -11.8. The Bertz CT molecular complexity index is 4930. The molecule has 0 saturated carbocycles. The third-order valence-electron chi connectivity index (χ3n) is 14.9. The van der Waals surface area contributed by atoms with Gasteiger partial charge in [-0.05, 0) is 149 Å². The number of carboxylic acids is 1. The minimum atomic E-state index is -3.97. The van der Waals surface area contributed by atoms with Gasteiger partial charge in [0.1, 0.15) is 0 Å². The van der Waals surface area contributed by atoms with Gasteiger partial charge < -0.3 is 36.3 Å². The molecule has 0 bridgehead atoms. The zero-order chi connectivity index (χ0) is 71.8. The highest BCUT2D eigenvalue weighted by atomic mass is 32.2. The van der Waals surface area contributed by atoms with E-state index in [1.165, 1.54) is 40.9 Å². The van der Waals surface area contributed by atoms with Crippen molar-refractivity contribution in [1.82, 2.24) is 24.1 Å². The van der Waals surface area contributed by atoms with E-state index >= 15 is 0 Å². The summed E-state index contributed by atoms with van der Waals surface area (Å²) in [5, 5.41) is 24.1. The summed E-state index contributed by atoms with van der Waals surface area (Å²) in [6.45, 7) is 3.87. The van der Waals surface area contributed by atoms with Crippen LogP contribution in [0.15, 0.2) is 274 Å². The van der Waals surface area contributed by atoms with Gasteiger partial charge in [-0.2, -0.15) is 0 Å². The number of thiocarbonyl (C=S) groups is 1. The Morgan fingerprint density at radius 2 is 0.745 bits per heavy atom. The lowest BCUT2D eigenvalue weighted by Crippen LogP contribution is -2.30. The number of nitrogens with two attached hydrogens (primary N) is 1. The molecule has 0 radical (unpaired) electrons. The Balaban J connectivity index is 0.000000193. The molecule has 0 aliphatic carbocycles. The molecule has 2 heterocycles. The van der Waals surface area contributed by atoms with Gasteiger partial charge in [0.15, 0.2) is 15.4 Å². The first-order valence-corrected chi connectivity index (χ1v) is 38.0. The molecule has 27 heteroatoms. The molecule has 102 heavy (non-hydrogen) atoms. The highest BCUT2D eigenvalue weighted by Gasteiger charge is 2.28. The summed E-state index contributed by atoms with van der Waals surface area (Å²) in [6, 6.07) is 66.6. The van der Waals surface area contributed by atoms with Crippen LogP contribution < -0.4 is 35.9 Å². The maximum absolute atomic E-state index is 13.3. The lowest BCUT2D eigenvalue weighted by molar-refractivity contribution is -0.144. The molecule has 0 saturated heterocycles. The van der Waals surface area contributed by atoms with Gasteiger partial charge in [0.05, 0.1) is 65.3 Å². The molecule has 0 spiro atoms. The largest absolute Gasteiger partial charge is 0.481 e. The minimum Gasteiger partial charge on any atom is -0.481 e. The van der Waals surface area contributed by atoms with E-state index in [9.17, 15) is 44.7 Å². The lowest BCUT2D eigenvalue weighted by Gasteiger charge is -2.19. The number of rotatable bonds is 28. The van der Waals surface area contributed by atoms with E-state index in [0.717, 1.165) is 49.5 Å². The van der Waals surface area contributed by atoms with Crippen molar-refractivity contribution in [2.45, 2.75) is 73.3 Å². The van der Waals surface area contributed by atoms with E-state index in [0.29, 0.717) is 27.9 Å². The Kier molecular flexibility index (Phi) is 28.4. The van der Waals surface area contributed by atoms with Gasteiger partial charge in [-0.3, -0.25) is 14.4 Å². The van der Waals surface area contributed by atoms with Gasteiger partial charge in [0.2, 0.25) is 30.1 Å². The molecule has 0 amide bonds. The zero-order valence-corrected chi connectivity index (χ0v) is 59.4. The summed E-state index contributed by atoms with van der Waals surface area (Å²) in [6.07, 6.45) is 2.84. The van der Waals surface area contributed by atoms with Crippen molar-refractivity contribution in [3.05, 3.63) is 276 Å². The number of esters is 2. The monoisotopic (exact) mass is 1490 g/mol. The highest BCUT2D eigenvalue weighted by molar-refractivity contribution is 7.90. The Labute approximate surface area is 607 Å². The fourth-order valence-corrected chi connectivity index (χ4v) is 15.3. The van der Waals surface area contributed by atoms with Crippen LogP contribution in [0.5, 0.6) is 0 Å². The number of thiazole rings is 2. The number of aromatic nitrogens is 2. The van der Waals surface area contributed by atoms with Crippen molar-refractivity contribution in [3.63, 3.8) is 0 Å². The molecule has 0 aliphatic rings. The van der Waals surface area contributed by atoms with Crippen LogP contribution in [0.4, 0.5) is 27.3 Å². The van der Waals surface area contributed by atoms with Crippen molar-refractivity contribution in [3.8, 4) is 33.4 Å². The fraction of sp³-hybridized carbons (Fsp3) is 0.147. The molecule has 0 aliphatic heterocycles. The van der Waals surface area contributed by atoms with Crippen LogP contribution in [-0.4, -0.2) is 76.6 Å². The van der Waals surface area contributed by atoms with Gasteiger partial charge >= 0.3 is 17.9 Å². The minimum absolute atomic E-state index is 0. The normalized spacial score (nSPS) is 12.0. The first-order valence-electron chi connectivity index (χ1n) is 31.4. The van der Waals surface area contributed by atoms with Crippen molar-refractivity contribution < 1.29 is 54.2 Å². The number of carbonyl (C=O) groups is 3. The number of hydrogen-bond donors (Lipinski definition) is 8. The number of hydrogen-bond acceptors (Lipinski definition) is 18. The number of carbonyl (C=O) groups excluding carboxylic acids is 2. The van der Waals surface area contributed by atoms with Crippen molar-refractivity contribution in [2.75, 3.05) is 29.2 Å². The molecule has 3 unspecified atom stereocenters. The molecule has 11 rings (SSSR count). The van der Waals surface area contributed by atoms with E-state index in [2.05, 4.69) is 40.1 Å². The summed E-state index contributed by atoms with van der Waals surface area (Å²) < 4.78 is 97.4. The van der Waals surface area contributed by atoms with Crippen molar-refractivity contribution >= 4 is 115 Å². The number of sulfonamides is 3. The first kappa shape index (κ1) is 77.4. The van der Waals surface area contributed by atoms with E-state index < -0.39 is 66.1 Å². The van der Waals surface area contributed by atoms with Crippen LogP contribution in [-0.2, 0) is 53.9 Å². The topological polar surface area (TPSA) is 316 Å². The number of anilines is 5. The molecule has 11 aromatic rings. The van der Waals surface area contributed by atoms with E-state index in [1.807, 2.05) is 114 Å². The number of carboxylic acid groups (broad SMARTS) is 1. The van der Waals surface area contributed by atoms with E-state index in [4.69, 9.17) is 27.4 Å². The summed E-state index contributed by atoms with van der Waals surface area (Å²) in [5.41, 5.74) is 14.5. The number of nitrogens with one attached hydrogen (secondary N) is 6. The lowest BCUT2D eigenvalue weighted by atomic mass is 10.1. The predicted molar refractivity (Wildman–Crippen MR) is 407 cm³/mol. The fourth-order valence-electron chi connectivity index (χ4n) is 10.3. The van der Waals surface area contributed by atoms with Crippen LogP contribution in [0.1, 0.15) is 75.4 Å². The van der Waals surface area contributed by atoms with E-state index in [-0.39, 0.29) is 59.7 Å². The van der Waals surface area contributed by atoms with Gasteiger partial charge in [-0.1, -0.05) is 171 Å². The summed E-state index contributed by atoms with van der Waals surface area (Å²) in [5.74, 6) is -2.04. The molecule has 3 atom stereocenters. The van der Waals surface area contributed by atoms with Gasteiger partial charge in [-0.25, -0.2) is 49.4 Å². The predicted octanol–water partition coefficient (Wildman–Crippen LogP) is 15.2. The van der Waals surface area contributed by atoms with Crippen LogP contribution >= 0.6 is 34.9 Å². The van der Waals surface area contributed by atoms with Crippen LogP contribution in [0, 0.1) is 0 Å². The third-order valence-corrected chi connectivity index (χ3v) is 20.8. The summed E-state index contributed by atoms with van der Waals surface area (Å²) in [4.78, 5) is 44.3.